The minimum Gasteiger partial charge on any atom is -0.349 e. The van der Waals surface area contributed by atoms with Gasteiger partial charge in [-0.1, -0.05) is 18.6 Å². The second-order valence-electron chi connectivity index (χ2n) is 6.08. The number of hydrogen-bond acceptors (Lipinski definition) is 1. The van der Waals surface area contributed by atoms with Gasteiger partial charge in [-0.15, -0.1) is 0 Å². The second-order valence-corrected chi connectivity index (χ2v) is 6.94. The van der Waals surface area contributed by atoms with Crippen molar-refractivity contribution in [2.24, 2.45) is 17.8 Å². The zero-order chi connectivity index (χ0) is 13.4. The van der Waals surface area contributed by atoms with E-state index in [1.165, 1.54) is 25.7 Å². The van der Waals surface area contributed by atoms with Crippen LogP contribution in [0.1, 0.15) is 43.0 Å². The zero-order valence-electron chi connectivity index (χ0n) is 11.2. The zero-order valence-corrected chi connectivity index (χ0v) is 12.8. The summed E-state index contributed by atoms with van der Waals surface area (Å²) in [6, 6.07) is 7.90. The standard InChI is InChI=1S/C16H20BrNO/c1-10(14-9-11-6-7-12(14)8-11)18-16(19)13-4-2-3-5-15(13)17/h2-5,10-12,14H,6-9H2,1H3,(H,18,19)/t10-,11+,12+,14+/m0/s1. The summed E-state index contributed by atoms with van der Waals surface area (Å²) in [5.41, 5.74) is 0.734. The molecule has 0 unspecified atom stereocenters. The molecule has 3 heteroatoms. The molecule has 0 radical (unpaired) electrons. The summed E-state index contributed by atoms with van der Waals surface area (Å²) in [5.74, 6) is 2.50. The Balaban J connectivity index is 1.65. The molecule has 0 heterocycles. The number of carbonyl (C=O) groups is 1. The SMILES string of the molecule is C[C@H](NC(=O)c1ccccc1Br)[C@H]1C[C@@H]2CC[C@@H]1C2. The topological polar surface area (TPSA) is 29.1 Å². The van der Waals surface area contributed by atoms with Crippen molar-refractivity contribution in [1.82, 2.24) is 5.32 Å². The quantitative estimate of drug-likeness (QED) is 0.895. The Morgan fingerprint density at radius 3 is 2.74 bits per heavy atom. The molecule has 102 valence electrons. The average molecular weight is 322 g/mol. The average Bonchev–Trinajstić information content (AvgIpc) is 3.01. The predicted octanol–water partition coefficient (Wildman–Crippen LogP) is 4.00. The van der Waals surface area contributed by atoms with E-state index in [0.29, 0.717) is 5.92 Å². The number of hydrogen-bond donors (Lipinski definition) is 1. The number of carbonyl (C=O) groups excluding carboxylic acids is 1. The van der Waals surface area contributed by atoms with E-state index in [1.807, 2.05) is 24.3 Å². The summed E-state index contributed by atoms with van der Waals surface area (Å²) >= 11 is 3.44. The van der Waals surface area contributed by atoms with Gasteiger partial charge in [0, 0.05) is 10.5 Å². The predicted molar refractivity (Wildman–Crippen MR) is 80.0 cm³/mol. The van der Waals surface area contributed by atoms with Gasteiger partial charge in [-0.2, -0.15) is 0 Å². The monoisotopic (exact) mass is 321 g/mol. The highest BCUT2D eigenvalue weighted by atomic mass is 79.9. The summed E-state index contributed by atoms with van der Waals surface area (Å²) in [7, 11) is 0. The van der Waals surface area contributed by atoms with E-state index in [0.717, 1.165) is 21.9 Å². The highest BCUT2D eigenvalue weighted by molar-refractivity contribution is 9.10. The van der Waals surface area contributed by atoms with Gasteiger partial charge in [0.05, 0.1) is 5.56 Å². The lowest BCUT2D eigenvalue weighted by Crippen LogP contribution is -2.40. The Kier molecular flexibility index (Phi) is 3.66. The van der Waals surface area contributed by atoms with Crippen LogP contribution in [0, 0.1) is 17.8 Å². The fourth-order valence-electron chi connectivity index (χ4n) is 3.94. The normalized spacial score (nSPS) is 30.3. The molecule has 0 aromatic heterocycles. The van der Waals surface area contributed by atoms with E-state index in [2.05, 4.69) is 28.2 Å². The van der Waals surface area contributed by atoms with Gasteiger partial charge in [0.15, 0.2) is 0 Å². The summed E-state index contributed by atoms with van der Waals surface area (Å²) in [4.78, 5) is 12.3. The fourth-order valence-corrected chi connectivity index (χ4v) is 4.41. The summed E-state index contributed by atoms with van der Waals surface area (Å²) in [5, 5.41) is 3.19. The van der Waals surface area contributed by atoms with E-state index in [-0.39, 0.29) is 11.9 Å². The van der Waals surface area contributed by atoms with Crippen molar-refractivity contribution in [1.29, 1.82) is 0 Å². The first-order valence-electron chi connectivity index (χ1n) is 7.20. The Labute approximate surface area is 123 Å². The number of halogens is 1. The first-order chi connectivity index (χ1) is 9.15. The third-order valence-electron chi connectivity index (χ3n) is 4.91. The molecule has 0 spiro atoms. The van der Waals surface area contributed by atoms with E-state index in [9.17, 15) is 4.79 Å². The van der Waals surface area contributed by atoms with Gasteiger partial charge in [-0.05, 0) is 72.0 Å². The fraction of sp³-hybridized carbons (Fsp3) is 0.562. The lowest BCUT2D eigenvalue weighted by atomic mass is 9.84. The lowest BCUT2D eigenvalue weighted by molar-refractivity contribution is 0.0914. The van der Waals surface area contributed by atoms with Crippen LogP contribution in [0.4, 0.5) is 0 Å². The van der Waals surface area contributed by atoms with Crippen molar-refractivity contribution < 1.29 is 4.79 Å². The van der Waals surface area contributed by atoms with Crippen LogP contribution in [-0.2, 0) is 0 Å². The van der Waals surface area contributed by atoms with Crippen LogP contribution >= 0.6 is 15.9 Å². The molecule has 2 aliphatic rings. The first kappa shape index (κ1) is 13.2. The number of fused-ring (bicyclic) bond motifs is 2. The van der Waals surface area contributed by atoms with Gasteiger partial charge >= 0.3 is 0 Å². The van der Waals surface area contributed by atoms with Crippen molar-refractivity contribution >= 4 is 21.8 Å². The number of benzene rings is 1. The van der Waals surface area contributed by atoms with Gasteiger partial charge in [-0.25, -0.2) is 0 Å². The van der Waals surface area contributed by atoms with Crippen molar-refractivity contribution in [3.63, 3.8) is 0 Å². The lowest BCUT2D eigenvalue weighted by Gasteiger charge is -2.28. The summed E-state index contributed by atoms with van der Waals surface area (Å²) in [6.45, 7) is 2.17. The van der Waals surface area contributed by atoms with Crippen molar-refractivity contribution in [2.45, 2.75) is 38.6 Å². The molecule has 19 heavy (non-hydrogen) atoms. The highest BCUT2D eigenvalue weighted by Gasteiger charge is 2.42. The molecule has 0 aliphatic heterocycles. The minimum atomic E-state index is 0.0442. The van der Waals surface area contributed by atoms with Crippen LogP contribution in [-0.4, -0.2) is 11.9 Å². The Morgan fingerprint density at radius 1 is 1.32 bits per heavy atom. The third kappa shape index (κ3) is 2.58. The van der Waals surface area contributed by atoms with Crippen LogP contribution in [0.25, 0.3) is 0 Å². The molecule has 2 bridgehead atoms. The Morgan fingerprint density at radius 2 is 2.11 bits per heavy atom. The van der Waals surface area contributed by atoms with Gasteiger partial charge in [0.1, 0.15) is 0 Å². The minimum absolute atomic E-state index is 0.0442. The van der Waals surface area contributed by atoms with E-state index in [4.69, 9.17) is 0 Å². The molecule has 2 aliphatic carbocycles. The highest BCUT2D eigenvalue weighted by Crippen LogP contribution is 2.49. The van der Waals surface area contributed by atoms with Crippen molar-refractivity contribution in [2.75, 3.05) is 0 Å². The molecule has 1 N–H and O–H groups in total. The molecular weight excluding hydrogens is 302 g/mol. The Hall–Kier alpha value is -0.830. The van der Waals surface area contributed by atoms with E-state index >= 15 is 0 Å². The van der Waals surface area contributed by atoms with Crippen LogP contribution in [0.15, 0.2) is 28.7 Å². The van der Waals surface area contributed by atoms with Crippen LogP contribution in [0.5, 0.6) is 0 Å². The molecule has 2 saturated carbocycles. The van der Waals surface area contributed by atoms with E-state index < -0.39 is 0 Å². The molecule has 1 aromatic rings. The molecule has 1 aromatic carbocycles. The molecule has 1 amide bonds. The van der Waals surface area contributed by atoms with Crippen LogP contribution < -0.4 is 5.32 Å². The van der Waals surface area contributed by atoms with E-state index in [1.54, 1.807) is 0 Å². The van der Waals surface area contributed by atoms with Gasteiger partial charge in [0.25, 0.3) is 5.91 Å². The number of rotatable bonds is 3. The van der Waals surface area contributed by atoms with Crippen LogP contribution in [0.2, 0.25) is 0 Å². The maximum Gasteiger partial charge on any atom is 0.252 e. The molecular formula is C16H20BrNO. The molecule has 0 saturated heterocycles. The smallest absolute Gasteiger partial charge is 0.252 e. The molecule has 4 atom stereocenters. The molecule has 3 rings (SSSR count). The number of amides is 1. The molecule has 2 nitrogen and oxygen atoms in total. The summed E-state index contributed by atoms with van der Waals surface area (Å²) in [6.07, 6.45) is 5.47. The largest absolute Gasteiger partial charge is 0.349 e. The summed E-state index contributed by atoms with van der Waals surface area (Å²) < 4.78 is 0.868. The van der Waals surface area contributed by atoms with Gasteiger partial charge in [-0.3, -0.25) is 4.79 Å². The maximum absolute atomic E-state index is 12.3. The Bertz CT molecular complexity index is 487. The van der Waals surface area contributed by atoms with Crippen molar-refractivity contribution in [3.8, 4) is 0 Å². The second kappa shape index (κ2) is 5.28. The van der Waals surface area contributed by atoms with Crippen LogP contribution in [0.3, 0.4) is 0 Å². The maximum atomic E-state index is 12.3. The number of nitrogens with one attached hydrogen (secondary N) is 1. The van der Waals surface area contributed by atoms with Crippen molar-refractivity contribution in [3.05, 3.63) is 34.3 Å². The van der Waals surface area contributed by atoms with Gasteiger partial charge in [0.2, 0.25) is 0 Å². The third-order valence-corrected chi connectivity index (χ3v) is 5.60. The van der Waals surface area contributed by atoms with Gasteiger partial charge < -0.3 is 5.32 Å². The molecule has 2 fully saturated rings. The first-order valence-corrected chi connectivity index (χ1v) is 8.00.